The van der Waals surface area contributed by atoms with E-state index in [0.717, 1.165) is 22.8 Å². The van der Waals surface area contributed by atoms with Crippen LogP contribution in [0.5, 0.6) is 0 Å². The molecule has 1 aromatic carbocycles. The lowest BCUT2D eigenvalue weighted by atomic mass is 10.2. The summed E-state index contributed by atoms with van der Waals surface area (Å²) in [5.74, 6) is -0.0423. The second-order valence-corrected chi connectivity index (χ2v) is 5.99. The summed E-state index contributed by atoms with van der Waals surface area (Å²) < 4.78 is 1.54. The number of carbonyl (C=O) groups is 1. The third-order valence-corrected chi connectivity index (χ3v) is 4.42. The highest BCUT2D eigenvalue weighted by Crippen LogP contribution is 2.14. The SMILES string of the molecule is CCc1nc(CN(C)C(=O)c2ccc(-n3cnnn3)cc2)cs1. The number of aryl methyl sites for hydroxylation is 1. The molecule has 118 valence electrons. The summed E-state index contributed by atoms with van der Waals surface area (Å²) in [5.41, 5.74) is 2.35. The molecule has 0 unspecified atom stereocenters. The molecular formula is C15H16N6OS. The summed E-state index contributed by atoms with van der Waals surface area (Å²) in [5, 5.41) is 14.1. The Bertz CT molecular complexity index is 781. The molecule has 23 heavy (non-hydrogen) atoms. The van der Waals surface area contributed by atoms with Crippen molar-refractivity contribution >= 4 is 17.2 Å². The van der Waals surface area contributed by atoms with Crippen LogP contribution in [0.4, 0.5) is 0 Å². The minimum Gasteiger partial charge on any atom is -0.336 e. The second kappa shape index (κ2) is 6.66. The van der Waals surface area contributed by atoms with Crippen molar-refractivity contribution in [2.24, 2.45) is 0 Å². The third-order valence-electron chi connectivity index (χ3n) is 3.38. The van der Waals surface area contributed by atoms with Crippen LogP contribution in [0.25, 0.3) is 5.69 Å². The molecule has 3 rings (SSSR count). The molecule has 0 spiro atoms. The molecule has 2 heterocycles. The average Bonchev–Trinajstić information content (AvgIpc) is 3.26. The zero-order valence-electron chi connectivity index (χ0n) is 12.9. The lowest BCUT2D eigenvalue weighted by Crippen LogP contribution is -2.26. The van der Waals surface area contributed by atoms with Crippen molar-refractivity contribution in [3.63, 3.8) is 0 Å². The number of hydrogen-bond acceptors (Lipinski definition) is 6. The molecule has 2 aromatic heterocycles. The van der Waals surface area contributed by atoms with Crippen molar-refractivity contribution in [2.75, 3.05) is 7.05 Å². The number of amides is 1. The number of rotatable bonds is 5. The number of nitrogens with zero attached hydrogens (tertiary/aromatic N) is 6. The van der Waals surface area contributed by atoms with Gasteiger partial charge in [0.05, 0.1) is 22.9 Å². The van der Waals surface area contributed by atoms with Crippen LogP contribution >= 0.6 is 11.3 Å². The van der Waals surface area contributed by atoms with E-state index in [4.69, 9.17) is 0 Å². The van der Waals surface area contributed by atoms with Gasteiger partial charge in [-0.25, -0.2) is 9.67 Å². The normalized spacial score (nSPS) is 10.7. The minimum absolute atomic E-state index is 0.0423. The molecule has 0 radical (unpaired) electrons. The molecular weight excluding hydrogens is 312 g/mol. The monoisotopic (exact) mass is 328 g/mol. The largest absolute Gasteiger partial charge is 0.336 e. The Balaban J connectivity index is 1.69. The second-order valence-electron chi connectivity index (χ2n) is 5.05. The molecule has 0 saturated heterocycles. The van der Waals surface area contributed by atoms with E-state index in [0.29, 0.717) is 12.1 Å². The standard InChI is InChI=1S/C15H16N6OS/c1-3-14-17-12(9-23-14)8-20(2)15(22)11-4-6-13(7-5-11)21-10-16-18-19-21/h4-7,9-10H,3,8H2,1-2H3. The Hall–Kier alpha value is -2.61. The molecule has 1 amide bonds. The molecule has 0 fully saturated rings. The van der Waals surface area contributed by atoms with Gasteiger partial charge < -0.3 is 4.90 Å². The Morgan fingerprint density at radius 3 is 2.70 bits per heavy atom. The fourth-order valence-electron chi connectivity index (χ4n) is 2.16. The number of aromatic nitrogens is 5. The predicted molar refractivity (Wildman–Crippen MR) is 86.4 cm³/mol. The first-order valence-corrected chi connectivity index (χ1v) is 8.07. The van der Waals surface area contributed by atoms with E-state index in [1.165, 1.54) is 6.33 Å². The lowest BCUT2D eigenvalue weighted by Gasteiger charge is -2.16. The van der Waals surface area contributed by atoms with Gasteiger partial charge in [-0.1, -0.05) is 6.92 Å². The molecule has 0 atom stereocenters. The van der Waals surface area contributed by atoms with Gasteiger partial charge in [-0.2, -0.15) is 0 Å². The van der Waals surface area contributed by atoms with Crippen molar-refractivity contribution < 1.29 is 4.79 Å². The Labute approximate surface area is 137 Å². The molecule has 0 N–H and O–H groups in total. The zero-order valence-corrected chi connectivity index (χ0v) is 13.7. The highest BCUT2D eigenvalue weighted by molar-refractivity contribution is 7.09. The smallest absolute Gasteiger partial charge is 0.253 e. The van der Waals surface area contributed by atoms with Crippen LogP contribution in [0.2, 0.25) is 0 Å². The van der Waals surface area contributed by atoms with Crippen LogP contribution in [-0.2, 0) is 13.0 Å². The van der Waals surface area contributed by atoms with Crippen molar-refractivity contribution in [1.82, 2.24) is 30.1 Å². The molecule has 0 aliphatic rings. The summed E-state index contributed by atoms with van der Waals surface area (Å²) in [7, 11) is 1.78. The van der Waals surface area contributed by atoms with E-state index < -0.39 is 0 Å². The molecule has 3 aromatic rings. The van der Waals surface area contributed by atoms with Crippen LogP contribution < -0.4 is 0 Å². The number of hydrogen-bond donors (Lipinski definition) is 0. The van der Waals surface area contributed by atoms with Gasteiger partial charge in [-0.3, -0.25) is 4.79 Å². The highest BCUT2D eigenvalue weighted by Gasteiger charge is 2.13. The fraction of sp³-hybridized carbons (Fsp3) is 0.267. The number of benzene rings is 1. The maximum absolute atomic E-state index is 12.5. The average molecular weight is 328 g/mol. The van der Waals surface area contributed by atoms with Crippen LogP contribution in [0.3, 0.4) is 0 Å². The Kier molecular flexibility index (Phi) is 4.42. The maximum atomic E-state index is 12.5. The van der Waals surface area contributed by atoms with Crippen LogP contribution in [0.1, 0.15) is 28.0 Å². The minimum atomic E-state index is -0.0423. The van der Waals surface area contributed by atoms with Gasteiger partial charge in [0.1, 0.15) is 6.33 Å². The van der Waals surface area contributed by atoms with E-state index in [9.17, 15) is 4.79 Å². The van der Waals surface area contributed by atoms with Crippen LogP contribution in [0, 0.1) is 0 Å². The van der Waals surface area contributed by atoms with Gasteiger partial charge >= 0.3 is 0 Å². The van der Waals surface area contributed by atoms with Gasteiger partial charge in [-0.15, -0.1) is 16.4 Å². The maximum Gasteiger partial charge on any atom is 0.253 e. The molecule has 7 nitrogen and oxygen atoms in total. The van der Waals surface area contributed by atoms with Crippen LogP contribution in [-0.4, -0.2) is 43.0 Å². The van der Waals surface area contributed by atoms with Crippen molar-refractivity contribution in [1.29, 1.82) is 0 Å². The van der Waals surface area contributed by atoms with E-state index >= 15 is 0 Å². The van der Waals surface area contributed by atoms with Gasteiger partial charge in [-0.05, 0) is 41.1 Å². The fourth-order valence-corrected chi connectivity index (χ4v) is 2.89. The third kappa shape index (κ3) is 3.42. The van der Waals surface area contributed by atoms with Gasteiger partial charge in [0.25, 0.3) is 5.91 Å². The number of thiazole rings is 1. The zero-order chi connectivity index (χ0) is 16.2. The van der Waals surface area contributed by atoms with Crippen LogP contribution in [0.15, 0.2) is 36.0 Å². The van der Waals surface area contributed by atoms with Crippen molar-refractivity contribution in [3.05, 3.63) is 52.2 Å². The van der Waals surface area contributed by atoms with Gasteiger partial charge in [0.2, 0.25) is 0 Å². The van der Waals surface area contributed by atoms with Crippen molar-refractivity contribution in [3.8, 4) is 5.69 Å². The topological polar surface area (TPSA) is 76.8 Å². The van der Waals surface area contributed by atoms with E-state index in [1.54, 1.807) is 40.1 Å². The number of tetrazole rings is 1. The molecule has 8 heteroatoms. The lowest BCUT2D eigenvalue weighted by molar-refractivity contribution is 0.0783. The molecule has 0 aliphatic carbocycles. The summed E-state index contributed by atoms with van der Waals surface area (Å²) in [6, 6.07) is 7.17. The number of carbonyl (C=O) groups excluding carboxylic acids is 1. The first-order chi connectivity index (χ1) is 11.2. The van der Waals surface area contributed by atoms with E-state index in [2.05, 4.69) is 27.4 Å². The Morgan fingerprint density at radius 2 is 2.09 bits per heavy atom. The Morgan fingerprint density at radius 1 is 1.30 bits per heavy atom. The highest BCUT2D eigenvalue weighted by atomic mass is 32.1. The quantitative estimate of drug-likeness (QED) is 0.715. The van der Waals surface area contributed by atoms with E-state index in [-0.39, 0.29) is 5.91 Å². The predicted octanol–water partition coefficient (Wildman–Crippen LogP) is 1.95. The van der Waals surface area contributed by atoms with E-state index in [1.807, 2.05) is 17.5 Å². The summed E-state index contributed by atoms with van der Waals surface area (Å²) in [6.07, 6.45) is 2.43. The molecule has 0 saturated carbocycles. The first-order valence-electron chi connectivity index (χ1n) is 7.19. The first kappa shape index (κ1) is 15.3. The molecule has 0 aliphatic heterocycles. The summed E-state index contributed by atoms with van der Waals surface area (Å²) in [6.45, 7) is 2.58. The summed E-state index contributed by atoms with van der Waals surface area (Å²) >= 11 is 1.63. The van der Waals surface area contributed by atoms with Gasteiger partial charge in [0, 0.05) is 18.0 Å². The molecule has 0 bridgehead atoms. The van der Waals surface area contributed by atoms with Gasteiger partial charge in [0.15, 0.2) is 0 Å². The summed E-state index contributed by atoms with van der Waals surface area (Å²) in [4.78, 5) is 18.6. The van der Waals surface area contributed by atoms with Crippen molar-refractivity contribution in [2.45, 2.75) is 19.9 Å².